The van der Waals surface area contributed by atoms with Crippen LogP contribution < -0.4 is 0 Å². The van der Waals surface area contributed by atoms with E-state index < -0.39 is 5.97 Å². The highest BCUT2D eigenvalue weighted by Gasteiger charge is 2.18. The third kappa shape index (κ3) is 2.61. The Balaban J connectivity index is 2.02. The summed E-state index contributed by atoms with van der Waals surface area (Å²) < 4.78 is 7.33. The van der Waals surface area contributed by atoms with Crippen LogP contribution in [0.1, 0.15) is 31.0 Å². The second kappa shape index (κ2) is 5.12. The highest BCUT2D eigenvalue weighted by molar-refractivity contribution is 5.66. The van der Waals surface area contributed by atoms with Crippen LogP contribution in [0, 0.1) is 0 Å². The van der Waals surface area contributed by atoms with Crippen LogP contribution in [0.3, 0.4) is 0 Å². The number of ether oxygens (including phenoxy) is 1. The minimum atomic E-state index is -0.771. The highest BCUT2D eigenvalue weighted by atomic mass is 16.5. The number of carboxylic acid groups (broad SMARTS) is 1. The molecular weight excluding hydrogens is 208 g/mol. The molecule has 2 heterocycles. The summed E-state index contributed by atoms with van der Waals surface area (Å²) in [4.78, 5) is 10.5. The summed E-state index contributed by atoms with van der Waals surface area (Å²) in [6, 6.07) is 2.16. The molecule has 0 amide bonds. The third-order valence-corrected chi connectivity index (χ3v) is 2.83. The van der Waals surface area contributed by atoms with Crippen LogP contribution in [-0.4, -0.2) is 34.1 Å². The van der Waals surface area contributed by atoms with Crippen LogP contribution in [0.4, 0.5) is 0 Å². The summed E-state index contributed by atoms with van der Waals surface area (Å²) in [5.41, 5.74) is 0.984. The molecule has 16 heavy (non-hydrogen) atoms. The van der Waals surface area contributed by atoms with E-state index in [9.17, 15) is 4.79 Å². The molecule has 0 aromatic carbocycles. The summed E-state index contributed by atoms with van der Waals surface area (Å²) >= 11 is 0. The number of aromatic nitrogens is 2. The summed E-state index contributed by atoms with van der Waals surface area (Å²) in [7, 11) is 0. The Kier molecular flexibility index (Phi) is 3.56. The molecule has 2 rings (SSSR count). The van der Waals surface area contributed by atoms with Crippen LogP contribution in [0.5, 0.6) is 0 Å². The molecule has 0 bridgehead atoms. The summed E-state index contributed by atoms with van der Waals surface area (Å²) in [6.45, 7) is 1.50. The predicted molar refractivity (Wildman–Crippen MR) is 57.3 cm³/mol. The first-order valence-electron chi connectivity index (χ1n) is 5.59. The standard InChI is InChI=1S/C11H16N2O3/c14-11(15)4-3-9-5-6-12-13(9)10-2-1-7-16-8-10/h5-6,10H,1-4,7-8H2,(H,14,15). The third-order valence-electron chi connectivity index (χ3n) is 2.83. The van der Waals surface area contributed by atoms with Gasteiger partial charge in [-0.3, -0.25) is 9.48 Å². The van der Waals surface area contributed by atoms with Crippen molar-refractivity contribution in [3.63, 3.8) is 0 Å². The van der Waals surface area contributed by atoms with Crippen LogP contribution >= 0.6 is 0 Å². The maximum absolute atomic E-state index is 10.5. The number of hydrogen-bond donors (Lipinski definition) is 1. The van der Waals surface area contributed by atoms with Gasteiger partial charge in [-0.25, -0.2) is 0 Å². The second-order valence-corrected chi connectivity index (χ2v) is 4.03. The van der Waals surface area contributed by atoms with Gasteiger partial charge in [-0.2, -0.15) is 5.10 Å². The smallest absolute Gasteiger partial charge is 0.303 e. The Morgan fingerprint density at radius 2 is 2.56 bits per heavy atom. The molecule has 1 unspecified atom stereocenters. The number of aliphatic carboxylic acids is 1. The van der Waals surface area contributed by atoms with Crippen molar-refractivity contribution in [1.82, 2.24) is 9.78 Å². The fourth-order valence-electron chi connectivity index (χ4n) is 2.02. The molecule has 1 saturated heterocycles. The maximum Gasteiger partial charge on any atom is 0.303 e. The van der Waals surface area contributed by atoms with Gasteiger partial charge in [-0.1, -0.05) is 0 Å². The largest absolute Gasteiger partial charge is 0.481 e. The molecule has 1 atom stereocenters. The van der Waals surface area contributed by atoms with Crippen LogP contribution in [0.2, 0.25) is 0 Å². The molecule has 1 fully saturated rings. The number of carboxylic acids is 1. The van der Waals surface area contributed by atoms with Crippen LogP contribution in [0.15, 0.2) is 12.3 Å². The Hall–Kier alpha value is -1.36. The van der Waals surface area contributed by atoms with Gasteiger partial charge in [0.2, 0.25) is 0 Å². The Bertz CT molecular complexity index is 356. The Morgan fingerprint density at radius 3 is 3.25 bits per heavy atom. The van der Waals surface area contributed by atoms with Gasteiger partial charge < -0.3 is 9.84 Å². The van der Waals surface area contributed by atoms with E-state index in [2.05, 4.69) is 5.10 Å². The van der Waals surface area contributed by atoms with Crippen molar-refractivity contribution in [3.05, 3.63) is 18.0 Å². The van der Waals surface area contributed by atoms with Gasteiger partial charge in [0.05, 0.1) is 19.1 Å². The normalized spacial score (nSPS) is 20.9. The lowest BCUT2D eigenvalue weighted by Gasteiger charge is -2.24. The molecule has 1 aromatic rings. The van der Waals surface area contributed by atoms with Crippen LogP contribution in [0.25, 0.3) is 0 Å². The number of rotatable bonds is 4. The van der Waals surface area contributed by atoms with Crippen molar-refractivity contribution >= 4 is 5.97 Å². The van der Waals surface area contributed by atoms with Crippen molar-refractivity contribution in [3.8, 4) is 0 Å². The molecule has 0 saturated carbocycles. The molecule has 5 heteroatoms. The zero-order valence-electron chi connectivity index (χ0n) is 9.13. The lowest BCUT2D eigenvalue weighted by Crippen LogP contribution is -2.23. The molecule has 0 radical (unpaired) electrons. The number of carbonyl (C=O) groups is 1. The lowest BCUT2D eigenvalue weighted by molar-refractivity contribution is -0.137. The Labute approximate surface area is 94.0 Å². The van der Waals surface area contributed by atoms with Gasteiger partial charge in [-0.15, -0.1) is 0 Å². The van der Waals surface area contributed by atoms with Gasteiger partial charge in [-0.05, 0) is 25.3 Å². The van der Waals surface area contributed by atoms with Crippen molar-refractivity contribution in [2.45, 2.75) is 31.7 Å². The fraction of sp³-hybridized carbons (Fsp3) is 0.636. The van der Waals surface area contributed by atoms with Gasteiger partial charge in [0.25, 0.3) is 0 Å². The molecule has 88 valence electrons. The van der Waals surface area contributed by atoms with E-state index in [1.54, 1.807) is 6.20 Å². The van der Waals surface area contributed by atoms with E-state index in [0.717, 1.165) is 25.1 Å². The first-order chi connectivity index (χ1) is 7.77. The second-order valence-electron chi connectivity index (χ2n) is 4.03. The van der Waals surface area contributed by atoms with Gasteiger partial charge in [0.1, 0.15) is 0 Å². The van der Waals surface area contributed by atoms with Crippen molar-refractivity contribution in [1.29, 1.82) is 0 Å². The maximum atomic E-state index is 10.5. The van der Waals surface area contributed by atoms with E-state index in [-0.39, 0.29) is 12.5 Å². The SMILES string of the molecule is O=C(O)CCc1ccnn1C1CCCOC1. The molecule has 5 nitrogen and oxygen atoms in total. The molecule has 1 aliphatic heterocycles. The van der Waals surface area contributed by atoms with E-state index >= 15 is 0 Å². The zero-order chi connectivity index (χ0) is 11.4. The lowest BCUT2D eigenvalue weighted by atomic mass is 10.1. The summed E-state index contributed by atoms with van der Waals surface area (Å²) in [6.07, 6.45) is 4.52. The molecule has 0 spiro atoms. The average Bonchev–Trinajstić information content (AvgIpc) is 2.75. The summed E-state index contributed by atoms with van der Waals surface area (Å²) in [5, 5.41) is 12.9. The van der Waals surface area contributed by atoms with E-state index in [1.165, 1.54) is 0 Å². The minimum Gasteiger partial charge on any atom is -0.481 e. The quantitative estimate of drug-likeness (QED) is 0.836. The fourth-order valence-corrected chi connectivity index (χ4v) is 2.02. The van der Waals surface area contributed by atoms with E-state index in [0.29, 0.717) is 13.0 Å². The number of hydrogen-bond acceptors (Lipinski definition) is 3. The predicted octanol–water partition coefficient (Wildman–Crippen LogP) is 1.25. The van der Waals surface area contributed by atoms with Crippen molar-refractivity contribution < 1.29 is 14.6 Å². The first-order valence-corrected chi connectivity index (χ1v) is 5.59. The molecule has 1 aliphatic rings. The van der Waals surface area contributed by atoms with Gasteiger partial charge in [0, 0.05) is 18.5 Å². The number of aryl methyl sites for hydroxylation is 1. The molecule has 1 aromatic heterocycles. The molecule has 1 N–H and O–H groups in total. The average molecular weight is 224 g/mol. The zero-order valence-corrected chi connectivity index (χ0v) is 9.13. The molecule has 0 aliphatic carbocycles. The van der Waals surface area contributed by atoms with E-state index in [1.807, 2.05) is 10.7 Å². The van der Waals surface area contributed by atoms with Crippen LogP contribution in [-0.2, 0) is 16.0 Å². The van der Waals surface area contributed by atoms with E-state index in [4.69, 9.17) is 9.84 Å². The topological polar surface area (TPSA) is 64.3 Å². The minimum absolute atomic E-state index is 0.152. The summed E-state index contributed by atoms with van der Waals surface area (Å²) in [5.74, 6) is -0.771. The van der Waals surface area contributed by atoms with Crippen molar-refractivity contribution in [2.75, 3.05) is 13.2 Å². The monoisotopic (exact) mass is 224 g/mol. The Morgan fingerprint density at radius 1 is 1.69 bits per heavy atom. The first kappa shape index (κ1) is 11.1. The number of nitrogens with zero attached hydrogens (tertiary/aromatic N) is 2. The van der Waals surface area contributed by atoms with Gasteiger partial charge >= 0.3 is 5.97 Å². The highest BCUT2D eigenvalue weighted by Crippen LogP contribution is 2.20. The van der Waals surface area contributed by atoms with Gasteiger partial charge in [0.15, 0.2) is 0 Å². The molecular formula is C11H16N2O3. The van der Waals surface area contributed by atoms with Crippen molar-refractivity contribution in [2.24, 2.45) is 0 Å².